The maximum absolute atomic E-state index is 13.0. The van der Waals surface area contributed by atoms with Crippen molar-refractivity contribution in [1.82, 2.24) is 25.8 Å². The molecule has 2 aliphatic heterocycles. The average molecular weight is 490 g/mol. The smallest absolute Gasteiger partial charge is 0.255 e. The zero-order valence-corrected chi connectivity index (χ0v) is 20.4. The molecule has 192 valence electrons. The highest BCUT2D eigenvalue weighted by Gasteiger charge is 2.28. The lowest BCUT2D eigenvalue weighted by atomic mass is 10.1. The number of carbonyl (C=O) groups is 4. The number of amides is 4. The Kier molecular flexibility index (Phi) is 9.86. The Balaban J connectivity index is 1.69. The first-order valence-electron chi connectivity index (χ1n) is 12.0. The molecule has 0 spiro atoms. The molecular formula is C24H35N5O6. The van der Waals surface area contributed by atoms with E-state index in [0.717, 1.165) is 26.1 Å². The van der Waals surface area contributed by atoms with Crippen LogP contribution in [0.3, 0.4) is 0 Å². The molecule has 3 rings (SSSR count). The summed E-state index contributed by atoms with van der Waals surface area (Å²) in [6.45, 7) is 6.39. The van der Waals surface area contributed by atoms with Crippen LogP contribution in [0, 0.1) is 0 Å². The standard InChI is InChI=1S/C24H35N5O6/c1-17-24(33)28(2)10-15-35-20-7-4-3-6-18(20)22(31)27-19(16-21(30)26-17)23(32)25-8-5-9-29-11-13-34-14-12-29/h3-4,6-7,17,19H,5,8-16H2,1-2H3,(H,25,32)(H,26,30)(H,27,31)/t17-,19-/m0/s1. The van der Waals surface area contributed by atoms with E-state index in [2.05, 4.69) is 20.9 Å². The summed E-state index contributed by atoms with van der Waals surface area (Å²) < 4.78 is 11.1. The molecule has 3 N–H and O–H groups in total. The number of morpholine rings is 1. The lowest BCUT2D eigenvalue weighted by Crippen LogP contribution is -2.52. The molecule has 0 bridgehead atoms. The van der Waals surface area contributed by atoms with Gasteiger partial charge in [-0.05, 0) is 32.0 Å². The Bertz CT molecular complexity index is 904. The number of rotatable bonds is 5. The van der Waals surface area contributed by atoms with Crippen molar-refractivity contribution in [1.29, 1.82) is 0 Å². The van der Waals surface area contributed by atoms with Gasteiger partial charge in [0.1, 0.15) is 24.4 Å². The van der Waals surface area contributed by atoms with Crippen LogP contribution >= 0.6 is 0 Å². The SMILES string of the molecule is C[C@@H]1NC(=O)C[C@@H](C(=O)NCCCN2CCOCC2)NC(=O)c2ccccc2OCCN(C)C1=O. The molecule has 0 aliphatic carbocycles. The summed E-state index contributed by atoms with van der Waals surface area (Å²) in [6.07, 6.45) is 0.429. The van der Waals surface area contributed by atoms with Crippen LogP contribution < -0.4 is 20.7 Å². The van der Waals surface area contributed by atoms with Crippen LogP contribution in [0.15, 0.2) is 24.3 Å². The summed E-state index contributed by atoms with van der Waals surface area (Å²) in [4.78, 5) is 54.9. The first kappa shape index (κ1) is 26.4. The minimum Gasteiger partial charge on any atom is -0.491 e. The Morgan fingerprint density at radius 2 is 1.83 bits per heavy atom. The van der Waals surface area contributed by atoms with E-state index in [0.29, 0.717) is 25.5 Å². The first-order valence-corrected chi connectivity index (χ1v) is 12.0. The van der Waals surface area contributed by atoms with Crippen molar-refractivity contribution >= 4 is 23.6 Å². The van der Waals surface area contributed by atoms with Crippen LogP contribution in [0.5, 0.6) is 5.75 Å². The van der Waals surface area contributed by atoms with E-state index >= 15 is 0 Å². The van der Waals surface area contributed by atoms with Gasteiger partial charge in [-0.25, -0.2) is 0 Å². The highest BCUT2D eigenvalue weighted by molar-refractivity contribution is 6.01. The fraction of sp³-hybridized carbons (Fsp3) is 0.583. The van der Waals surface area contributed by atoms with Crippen LogP contribution in [0.2, 0.25) is 0 Å². The van der Waals surface area contributed by atoms with E-state index in [9.17, 15) is 19.2 Å². The summed E-state index contributed by atoms with van der Waals surface area (Å²) in [5.74, 6) is -1.42. The molecule has 1 aromatic rings. The van der Waals surface area contributed by atoms with E-state index in [1.54, 1.807) is 38.2 Å². The van der Waals surface area contributed by atoms with Crippen molar-refractivity contribution in [3.05, 3.63) is 29.8 Å². The number of carbonyl (C=O) groups excluding carboxylic acids is 4. The lowest BCUT2D eigenvalue weighted by molar-refractivity contribution is -0.135. The van der Waals surface area contributed by atoms with Crippen LogP contribution in [-0.2, 0) is 19.1 Å². The highest BCUT2D eigenvalue weighted by Crippen LogP contribution is 2.18. The number of likely N-dealkylation sites (N-methyl/N-ethyl adjacent to an activating group) is 1. The highest BCUT2D eigenvalue weighted by atomic mass is 16.5. The van der Waals surface area contributed by atoms with E-state index in [4.69, 9.17) is 9.47 Å². The van der Waals surface area contributed by atoms with Crippen molar-refractivity contribution < 1.29 is 28.7 Å². The topological polar surface area (TPSA) is 129 Å². The van der Waals surface area contributed by atoms with Crippen molar-refractivity contribution in [3.63, 3.8) is 0 Å². The molecule has 11 heteroatoms. The zero-order valence-electron chi connectivity index (χ0n) is 20.4. The zero-order chi connectivity index (χ0) is 25.2. The molecule has 0 saturated carbocycles. The van der Waals surface area contributed by atoms with Crippen molar-refractivity contribution in [2.24, 2.45) is 0 Å². The Morgan fingerprint density at radius 1 is 1.09 bits per heavy atom. The molecule has 0 unspecified atom stereocenters. The third kappa shape index (κ3) is 7.93. The second-order valence-corrected chi connectivity index (χ2v) is 8.72. The fourth-order valence-corrected chi connectivity index (χ4v) is 3.97. The predicted molar refractivity (Wildman–Crippen MR) is 128 cm³/mol. The van der Waals surface area contributed by atoms with Gasteiger partial charge in [0.25, 0.3) is 5.91 Å². The summed E-state index contributed by atoms with van der Waals surface area (Å²) in [7, 11) is 1.62. The predicted octanol–water partition coefficient (Wildman–Crippen LogP) is -0.631. The molecule has 35 heavy (non-hydrogen) atoms. The van der Waals surface area contributed by atoms with Crippen molar-refractivity contribution in [2.45, 2.75) is 31.8 Å². The van der Waals surface area contributed by atoms with Gasteiger partial charge in [0.15, 0.2) is 0 Å². The Hall–Kier alpha value is -3.18. The van der Waals surface area contributed by atoms with Crippen molar-refractivity contribution in [2.75, 3.05) is 59.6 Å². The Labute approximate surface area is 205 Å². The van der Waals surface area contributed by atoms with Gasteiger partial charge in [-0.2, -0.15) is 0 Å². The van der Waals surface area contributed by atoms with E-state index < -0.39 is 29.8 Å². The van der Waals surface area contributed by atoms with Crippen LogP contribution in [0.4, 0.5) is 0 Å². The second kappa shape index (κ2) is 13.1. The van der Waals surface area contributed by atoms with Crippen LogP contribution in [0.25, 0.3) is 0 Å². The molecule has 1 fully saturated rings. The van der Waals surface area contributed by atoms with Crippen LogP contribution in [0.1, 0.15) is 30.1 Å². The molecule has 0 aromatic heterocycles. The van der Waals surface area contributed by atoms with E-state index in [-0.39, 0.29) is 31.0 Å². The maximum Gasteiger partial charge on any atom is 0.255 e. The quantitative estimate of drug-likeness (QED) is 0.470. The van der Waals surface area contributed by atoms with Gasteiger partial charge < -0.3 is 30.3 Å². The van der Waals surface area contributed by atoms with Gasteiger partial charge in [0.05, 0.1) is 31.7 Å². The summed E-state index contributed by atoms with van der Waals surface area (Å²) in [5, 5.41) is 8.11. The van der Waals surface area contributed by atoms with Crippen LogP contribution in [-0.4, -0.2) is 105 Å². The molecular weight excluding hydrogens is 454 g/mol. The van der Waals surface area contributed by atoms with Crippen molar-refractivity contribution in [3.8, 4) is 5.75 Å². The third-order valence-corrected chi connectivity index (χ3v) is 6.01. The van der Waals surface area contributed by atoms with Gasteiger partial charge in [0, 0.05) is 26.7 Å². The molecule has 2 heterocycles. The van der Waals surface area contributed by atoms with E-state index in [1.165, 1.54) is 4.90 Å². The van der Waals surface area contributed by atoms with E-state index in [1.807, 2.05) is 0 Å². The minimum absolute atomic E-state index is 0.167. The van der Waals surface area contributed by atoms with Gasteiger partial charge in [-0.3, -0.25) is 24.1 Å². The fourth-order valence-electron chi connectivity index (χ4n) is 3.97. The summed E-state index contributed by atoms with van der Waals surface area (Å²) in [6, 6.07) is 4.77. The number of nitrogens with zero attached hydrogens (tertiary/aromatic N) is 2. The number of hydrogen-bond donors (Lipinski definition) is 3. The normalized spacial score (nSPS) is 22.8. The minimum atomic E-state index is -1.11. The number of fused-ring (bicyclic) bond motifs is 1. The third-order valence-electron chi connectivity index (χ3n) is 6.01. The Morgan fingerprint density at radius 3 is 2.60 bits per heavy atom. The average Bonchev–Trinajstić information content (AvgIpc) is 2.85. The maximum atomic E-state index is 13.0. The number of nitrogens with one attached hydrogen (secondary N) is 3. The number of para-hydroxylation sites is 1. The van der Waals surface area contributed by atoms with Gasteiger partial charge in [-0.1, -0.05) is 12.1 Å². The molecule has 2 aliphatic rings. The molecule has 11 nitrogen and oxygen atoms in total. The second-order valence-electron chi connectivity index (χ2n) is 8.72. The van der Waals surface area contributed by atoms with Gasteiger partial charge in [0.2, 0.25) is 17.7 Å². The summed E-state index contributed by atoms with van der Waals surface area (Å²) in [5.41, 5.74) is 0.248. The monoisotopic (exact) mass is 489 g/mol. The largest absolute Gasteiger partial charge is 0.491 e. The first-order chi connectivity index (χ1) is 16.8. The number of hydrogen-bond acceptors (Lipinski definition) is 7. The molecule has 1 aromatic carbocycles. The number of ether oxygens (including phenoxy) is 2. The molecule has 0 radical (unpaired) electrons. The summed E-state index contributed by atoms with van der Waals surface area (Å²) >= 11 is 0. The van der Waals surface area contributed by atoms with Gasteiger partial charge in [-0.15, -0.1) is 0 Å². The molecule has 2 atom stereocenters. The number of benzene rings is 1. The van der Waals surface area contributed by atoms with Gasteiger partial charge >= 0.3 is 0 Å². The lowest BCUT2D eigenvalue weighted by Gasteiger charge is -2.26. The molecule has 1 saturated heterocycles. The molecule has 4 amide bonds.